The molecule has 1 saturated heterocycles. The van der Waals surface area contributed by atoms with Crippen LogP contribution in [-0.2, 0) is 15.9 Å². The van der Waals surface area contributed by atoms with E-state index >= 15 is 0 Å². The van der Waals surface area contributed by atoms with Crippen LogP contribution in [-0.4, -0.2) is 44.7 Å². The topological polar surface area (TPSA) is 59.0 Å². The van der Waals surface area contributed by atoms with E-state index in [0.717, 1.165) is 45.2 Å². The molecule has 0 radical (unpaired) electrons. The molecule has 2 fully saturated rings. The average molecular weight is 462 g/mol. The minimum Gasteiger partial charge on any atom is -0.478 e. The molecule has 1 N–H and O–H groups in total. The Labute approximate surface area is 202 Å². The Balaban J connectivity index is 1.41. The van der Waals surface area contributed by atoms with E-state index < -0.39 is 5.97 Å². The Bertz CT molecular complexity index is 1060. The standard InChI is InChI=1S/C29H35NO4/c1-33-29(34-2)21-14-16-30(17-15-21)24-11-8-20(9-12-24)27-25(19-6-7-19)5-3-4-22-18-23(28(31)32)10-13-26(22)27/h8-13,18-19,21,29H,3-7,14-17H2,1-2H3,(H,31,32). The van der Waals surface area contributed by atoms with Crippen LogP contribution in [0.5, 0.6) is 0 Å². The van der Waals surface area contributed by atoms with Gasteiger partial charge in [0.05, 0.1) is 5.56 Å². The van der Waals surface area contributed by atoms with Gasteiger partial charge in [-0.05, 0) is 97.4 Å². The number of hydrogen-bond acceptors (Lipinski definition) is 4. The Hall–Kier alpha value is -2.63. The van der Waals surface area contributed by atoms with Gasteiger partial charge in [0.15, 0.2) is 6.29 Å². The van der Waals surface area contributed by atoms with E-state index in [-0.39, 0.29) is 6.29 Å². The summed E-state index contributed by atoms with van der Waals surface area (Å²) in [6.45, 7) is 2.01. The molecule has 0 aromatic heterocycles. The molecule has 180 valence electrons. The highest BCUT2D eigenvalue weighted by atomic mass is 16.7. The second-order valence-corrected chi connectivity index (χ2v) is 9.92. The van der Waals surface area contributed by atoms with Gasteiger partial charge in [0.1, 0.15) is 0 Å². The van der Waals surface area contributed by atoms with Crippen molar-refractivity contribution in [3.05, 3.63) is 70.3 Å². The molecule has 3 aliphatic rings. The van der Waals surface area contributed by atoms with Crippen molar-refractivity contribution in [2.75, 3.05) is 32.2 Å². The molecule has 0 amide bonds. The Morgan fingerprint density at radius 2 is 1.68 bits per heavy atom. The second kappa shape index (κ2) is 9.93. The Morgan fingerprint density at radius 3 is 2.29 bits per heavy atom. The van der Waals surface area contributed by atoms with Crippen LogP contribution in [0.25, 0.3) is 5.57 Å². The number of nitrogens with zero attached hydrogens (tertiary/aromatic N) is 1. The molecule has 2 aromatic carbocycles. The van der Waals surface area contributed by atoms with Gasteiger partial charge in [-0.3, -0.25) is 0 Å². The molecule has 5 heteroatoms. The number of allylic oxidation sites excluding steroid dienone is 1. The lowest BCUT2D eigenvalue weighted by Gasteiger charge is -2.36. The van der Waals surface area contributed by atoms with Crippen molar-refractivity contribution in [2.24, 2.45) is 11.8 Å². The second-order valence-electron chi connectivity index (χ2n) is 9.92. The summed E-state index contributed by atoms with van der Waals surface area (Å²) in [5, 5.41) is 9.49. The van der Waals surface area contributed by atoms with E-state index in [0.29, 0.717) is 17.4 Å². The molecule has 2 aliphatic carbocycles. The molecule has 34 heavy (non-hydrogen) atoms. The van der Waals surface area contributed by atoms with E-state index in [1.807, 2.05) is 12.1 Å². The van der Waals surface area contributed by atoms with Crippen LogP contribution >= 0.6 is 0 Å². The average Bonchev–Trinajstić information content (AvgIpc) is 3.71. The number of piperidine rings is 1. The van der Waals surface area contributed by atoms with Gasteiger partial charge in [-0.25, -0.2) is 4.79 Å². The maximum atomic E-state index is 11.6. The van der Waals surface area contributed by atoms with Crippen molar-refractivity contribution in [3.63, 3.8) is 0 Å². The minimum absolute atomic E-state index is 0.116. The number of aryl methyl sites for hydroxylation is 1. The van der Waals surface area contributed by atoms with Gasteiger partial charge in [-0.2, -0.15) is 0 Å². The zero-order valence-corrected chi connectivity index (χ0v) is 20.3. The predicted octanol–water partition coefficient (Wildman–Crippen LogP) is 5.77. The largest absolute Gasteiger partial charge is 0.478 e. The van der Waals surface area contributed by atoms with E-state index in [1.165, 1.54) is 40.8 Å². The summed E-state index contributed by atoms with van der Waals surface area (Å²) in [5.74, 6) is 0.277. The molecule has 1 saturated carbocycles. The predicted molar refractivity (Wildman–Crippen MR) is 134 cm³/mol. The molecule has 0 atom stereocenters. The molecule has 0 bridgehead atoms. The highest BCUT2D eigenvalue weighted by Crippen LogP contribution is 2.47. The third-order valence-electron chi connectivity index (χ3n) is 7.82. The fraction of sp³-hybridized carbons (Fsp3) is 0.483. The normalized spacial score (nSPS) is 19.3. The number of ether oxygens (including phenoxy) is 2. The van der Waals surface area contributed by atoms with Crippen LogP contribution in [0.2, 0.25) is 0 Å². The van der Waals surface area contributed by atoms with Gasteiger partial charge in [-0.15, -0.1) is 0 Å². The third kappa shape index (κ3) is 4.64. The summed E-state index contributed by atoms with van der Waals surface area (Å²) in [7, 11) is 3.44. The van der Waals surface area contributed by atoms with Crippen molar-refractivity contribution in [2.45, 2.75) is 51.2 Å². The van der Waals surface area contributed by atoms with E-state index in [4.69, 9.17) is 9.47 Å². The van der Waals surface area contributed by atoms with Gasteiger partial charge in [0.25, 0.3) is 0 Å². The quantitative estimate of drug-likeness (QED) is 0.531. The molecule has 5 nitrogen and oxygen atoms in total. The van der Waals surface area contributed by atoms with Crippen LogP contribution in [0.3, 0.4) is 0 Å². The van der Waals surface area contributed by atoms with Crippen LogP contribution in [0, 0.1) is 11.8 Å². The van der Waals surface area contributed by atoms with Crippen molar-refractivity contribution < 1.29 is 19.4 Å². The zero-order chi connectivity index (χ0) is 23.7. The maximum absolute atomic E-state index is 11.6. The molecule has 5 rings (SSSR count). The molecular weight excluding hydrogens is 426 g/mol. The molecule has 0 spiro atoms. The van der Waals surface area contributed by atoms with Crippen LogP contribution in [0.15, 0.2) is 48.0 Å². The Kier molecular flexibility index (Phi) is 6.75. The monoisotopic (exact) mass is 461 g/mol. The minimum atomic E-state index is -0.851. The number of rotatable bonds is 7. The molecule has 2 aromatic rings. The smallest absolute Gasteiger partial charge is 0.335 e. The maximum Gasteiger partial charge on any atom is 0.335 e. The lowest BCUT2D eigenvalue weighted by molar-refractivity contribution is -0.141. The first-order valence-electron chi connectivity index (χ1n) is 12.6. The van der Waals surface area contributed by atoms with Gasteiger partial charge in [0, 0.05) is 38.9 Å². The first-order chi connectivity index (χ1) is 16.6. The molecule has 1 aliphatic heterocycles. The number of aromatic carboxylic acids is 1. The number of fused-ring (bicyclic) bond motifs is 1. The number of benzene rings is 2. The van der Waals surface area contributed by atoms with Crippen LogP contribution in [0.1, 0.15) is 65.6 Å². The number of carboxylic acid groups (broad SMARTS) is 1. The number of carboxylic acids is 1. The van der Waals surface area contributed by atoms with Crippen molar-refractivity contribution in [1.29, 1.82) is 0 Å². The van der Waals surface area contributed by atoms with Crippen molar-refractivity contribution >= 4 is 17.2 Å². The fourth-order valence-corrected chi connectivity index (χ4v) is 5.88. The number of carbonyl (C=O) groups is 1. The first-order valence-corrected chi connectivity index (χ1v) is 12.6. The first kappa shape index (κ1) is 23.1. The van der Waals surface area contributed by atoms with Gasteiger partial charge in [0.2, 0.25) is 0 Å². The summed E-state index contributed by atoms with van der Waals surface area (Å²) in [5.41, 5.74) is 8.21. The van der Waals surface area contributed by atoms with E-state index in [9.17, 15) is 9.90 Å². The van der Waals surface area contributed by atoms with Crippen molar-refractivity contribution in [3.8, 4) is 0 Å². The van der Waals surface area contributed by atoms with Gasteiger partial charge < -0.3 is 19.5 Å². The number of methoxy groups -OCH3 is 2. The summed E-state index contributed by atoms with van der Waals surface area (Å²) in [4.78, 5) is 14.0. The summed E-state index contributed by atoms with van der Waals surface area (Å²) < 4.78 is 11.0. The summed E-state index contributed by atoms with van der Waals surface area (Å²) in [6, 6.07) is 14.8. The number of hydrogen-bond donors (Lipinski definition) is 1. The lowest BCUT2D eigenvalue weighted by atomic mass is 9.88. The number of anilines is 1. The molecule has 0 unspecified atom stereocenters. The van der Waals surface area contributed by atoms with Crippen LogP contribution in [0.4, 0.5) is 5.69 Å². The Morgan fingerprint density at radius 1 is 0.971 bits per heavy atom. The van der Waals surface area contributed by atoms with E-state index in [2.05, 4.69) is 29.2 Å². The highest BCUT2D eigenvalue weighted by molar-refractivity contribution is 5.91. The summed E-state index contributed by atoms with van der Waals surface area (Å²) >= 11 is 0. The molecule has 1 heterocycles. The summed E-state index contributed by atoms with van der Waals surface area (Å²) in [6.07, 6.45) is 7.68. The SMILES string of the molecule is COC(OC)C1CCN(c2ccc(C3=C(C4CC4)CCCc4cc(C(=O)O)ccc43)cc2)CC1. The van der Waals surface area contributed by atoms with E-state index in [1.54, 1.807) is 25.9 Å². The van der Waals surface area contributed by atoms with Crippen LogP contribution < -0.4 is 4.90 Å². The zero-order valence-electron chi connectivity index (χ0n) is 20.3. The molecular formula is C29H35NO4. The fourth-order valence-electron chi connectivity index (χ4n) is 5.88. The van der Waals surface area contributed by atoms with Crippen molar-refractivity contribution in [1.82, 2.24) is 0 Å². The third-order valence-corrected chi connectivity index (χ3v) is 7.82. The van der Waals surface area contributed by atoms with Gasteiger partial charge >= 0.3 is 5.97 Å². The lowest BCUT2D eigenvalue weighted by Crippen LogP contribution is -2.39. The highest BCUT2D eigenvalue weighted by Gasteiger charge is 2.31. The van der Waals surface area contributed by atoms with Gasteiger partial charge in [-0.1, -0.05) is 23.8 Å².